The molecule has 37 heavy (non-hydrogen) atoms. The highest BCUT2D eigenvalue weighted by atomic mass is 35.5. The molecule has 3 heterocycles. The summed E-state index contributed by atoms with van der Waals surface area (Å²) in [5.41, 5.74) is 10.7. The number of rotatable bonds is 6. The van der Waals surface area contributed by atoms with Gasteiger partial charge in [0.1, 0.15) is 11.4 Å². The van der Waals surface area contributed by atoms with Crippen molar-refractivity contribution < 1.29 is 21.5 Å². The van der Waals surface area contributed by atoms with Gasteiger partial charge in [-0.2, -0.15) is 0 Å². The van der Waals surface area contributed by atoms with Crippen molar-refractivity contribution >= 4 is 66.6 Å². The van der Waals surface area contributed by atoms with Crippen molar-refractivity contribution in [3.8, 4) is 5.75 Å². The number of anilines is 1. The standard InChI is InChI=1S/C23H32N6O.4ClH.3H2O/c1-15-5-4-6-19-22(15)29(14-20-21(30)8-7-17(3)25-20)23(27-19)26-18-9-11-28(12-10-18)13-16(2)24;;;;;;;/h4-8,16,18,30H,9-14,24H2,1-3H3,(H,26,27);4*1H;3*1H2. The van der Waals surface area contributed by atoms with E-state index in [-0.39, 0.29) is 77.8 Å². The van der Waals surface area contributed by atoms with E-state index in [9.17, 15) is 5.11 Å². The molecular weight excluding hydrogens is 566 g/mol. The van der Waals surface area contributed by atoms with Crippen molar-refractivity contribution in [2.45, 2.75) is 52.2 Å². The van der Waals surface area contributed by atoms with E-state index in [2.05, 4.69) is 39.7 Å². The molecule has 0 spiro atoms. The molecule has 4 rings (SSSR count). The minimum Gasteiger partial charge on any atom is -0.506 e. The molecule has 1 aromatic carbocycles. The van der Waals surface area contributed by atoms with Gasteiger partial charge in [0.2, 0.25) is 5.95 Å². The summed E-state index contributed by atoms with van der Waals surface area (Å²) in [5, 5.41) is 14.0. The average Bonchev–Trinajstić information content (AvgIpc) is 3.04. The molecule has 14 heteroatoms. The second-order valence-electron chi connectivity index (χ2n) is 8.58. The van der Waals surface area contributed by atoms with Crippen molar-refractivity contribution in [2.24, 2.45) is 5.73 Å². The fraction of sp³-hybridized carbons (Fsp3) is 0.478. The number of aromatic hydroxyl groups is 1. The number of fused-ring (bicyclic) bond motifs is 1. The first-order valence-electron chi connectivity index (χ1n) is 10.8. The van der Waals surface area contributed by atoms with E-state index in [1.165, 1.54) is 0 Å². The van der Waals surface area contributed by atoms with Crippen LogP contribution in [0.1, 0.15) is 36.7 Å². The highest BCUT2D eigenvalue weighted by Gasteiger charge is 2.22. The van der Waals surface area contributed by atoms with Gasteiger partial charge in [0.05, 0.1) is 17.6 Å². The molecule has 1 unspecified atom stereocenters. The Morgan fingerprint density at radius 2 is 1.62 bits per heavy atom. The molecule has 1 fully saturated rings. The lowest BCUT2D eigenvalue weighted by atomic mass is 10.0. The lowest BCUT2D eigenvalue weighted by Gasteiger charge is -2.33. The zero-order chi connectivity index (χ0) is 21.3. The molecule has 0 radical (unpaired) electrons. The van der Waals surface area contributed by atoms with Crippen molar-refractivity contribution in [1.29, 1.82) is 0 Å². The molecule has 0 aliphatic carbocycles. The molecule has 1 aliphatic rings. The van der Waals surface area contributed by atoms with Gasteiger partial charge >= 0.3 is 0 Å². The van der Waals surface area contributed by atoms with E-state index in [0.29, 0.717) is 18.3 Å². The monoisotopic (exact) mass is 606 g/mol. The SMILES string of the molecule is Cc1ccc(O)c(Cn2c(NC3CCN(CC(C)N)CC3)nc3cccc(C)c32)n1.Cl.Cl.Cl.Cl.O.O.O. The first kappa shape index (κ1) is 42.5. The fourth-order valence-corrected chi connectivity index (χ4v) is 4.35. The third-order valence-corrected chi connectivity index (χ3v) is 5.83. The van der Waals surface area contributed by atoms with Gasteiger partial charge in [-0.05, 0) is 57.4 Å². The summed E-state index contributed by atoms with van der Waals surface area (Å²) in [6.07, 6.45) is 2.12. The molecule has 1 aliphatic heterocycles. The van der Waals surface area contributed by atoms with Gasteiger partial charge in [0, 0.05) is 37.4 Å². The molecule has 2 aromatic heterocycles. The van der Waals surface area contributed by atoms with E-state index in [0.717, 1.165) is 60.7 Å². The van der Waals surface area contributed by atoms with Crippen LogP contribution in [0.25, 0.3) is 11.0 Å². The molecule has 0 bridgehead atoms. The third kappa shape index (κ3) is 10.2. The summed E-state index contributed by atoms with van der Waals surface area (Å²) >= 11 is 0. The van der Waals surface area contributed by atoms with Gasteiger partial charge in [-0.25, -0.2) is 4.98 Å². The van der Waals surface area contributed by atoms with Crippen LogP contribution >= 0.6 is 49.6 Å². The fourth-order valence-electron chi connectivity index (χ4n) is 4.35. The number of likely N-dealkylation sites (tertiary alicyclic amines) is 1. The van der Waals surface area contributed by atoms with E-state index < -0.39 is 0 Å². The molecule has 10 nitrogen and oxygen atoms in total. The van der Waals surface area contributed by atoms with Crippen LogP contribution in [0.2, 0.25) is 0 Å². The van der Waals surface area contributed by atoms with Crippen LogP contribution in [-0.2, 0) is 6.54 Å². The van der Waals surface area contributed by atoms with Crippen molar-refractivity contribution in [3.63, 3.8) is 0 Å². The van der Waals surface area contributed by atoms with Gasteiger partial charge in [-0.3, -0.25) is 4.98 Å². The third-order valence-electron chi connectivity index (χ3n) is 5.83. The summed E-state index contributed by atoms with van der Waals surface area (Å²) in [4.78, 5) is 11.9. The van der Waals surface area contributed by atoms with E-state index >= 15 is 0 Å². The van der Waals surface area contributed by atoms with Gasteiger partial charge in [-0.15, -0.1) is 49.6 Å². The zero-order valence-corrected chi connectivity index (χ0v) is 24.5. The van der Waals surface area contributed by atoms with E-state index in [1.807, 2.05) is 25.1 Å². The van der Waals surface area contributed by atoms with Crippen LogP contribution in [0.15, 0.2) is 30.3 Å². The van der Waals surface area contributed by atoms with E-state index in [4.69, 9.17) is 10.7 Å². The number of piperidine rings is 1. The normalized spacial score (nSPS) is 13.6. The lowest BCUT2D eigenvalue weighted by molar-refractivity contribution is 0.210. The van der Waals surface area contributed by atoms with Crippen LogP contribution in [-0.4, -0.2) is 72.7 Å². The number of hydrogen-bond donors (Lipinski definition) is 3. The maximum Gasteiger partial charge on any atom is 0.204 e. The Hall–Kier alpha value is -1.60. The number of aryl methyl sites for hydroxylation is 2. The summed E-state index contributed by atoms with van der Waals surface area (Å²) in [6.45, 7) is 9.60. The van der Waals surface area contributed by atoms with Gasteiger partial charge in [-0.1, -0.05) is 12.1 Å². The van der Waals surface area contributed by atoms with Gasteiger partial charge in [0.15, 0.2) is 0 Å². The Balaban J connectivity index is -0.000000778. The molecule has 0 amide bonds. The summed E-state index contributed by atoms with van der Waals surface area (Å²) in [6, 6.07) is 10.3. The van der Waals surface area contributed by atoms with Crippen LogP contribution in [0.5, 0.6) is 5.75 Å². The van der Waals surface area contributed by atoms with Crippen molar-refractivity contribution in [1.82, 2.24) is 19.4 Å². The topological polar surface area (TPSA) is 187 Å². The first-order valence-corrected chi connectivity index (χ1v) is 10.8. The smallest absolute Gasteiger partial charge is 0.204 e. The number of para-hydroxylation sites is 1. The van der Waals surface area contributed by atoms with Crippen molar-refractivity contribution in [3.05, 3.63) is 47.3 Å². The Morgan fingerprint density at radius 1 is 1.00 bits per heavy atom. The Bertz CT molecular complexity index is 1050. The lowest BCUT2D eigenvalue weighted by Crippen LogP contribution is -2.44. The van der Waals surface area contributed by atoms with Crippen molar-refractivity contribution in [2.75, 3.05) is 25.0 Å². The number of nitrogens with two attached hydrogens (primary N) is 1. The number of aromatic nitrogens is 3. The molecule has 1 atom stereocenters. The quantitative estimate of drug-likeness (QED) is 0.385. The number of nitrogens with one attached hydrogen (secondary N) is 1. The minimum atomic E-state index is 0. The Morgan fingerprint density at radius 3 is 2.22 bits per heavy atom. The number of hydrogen-bond acceptors (Lipinski definition) is 6. The highest BCUT2D eigenvalue weighted by Crippen LogP contribution is 2.27. The second kappa shape index (κ2) is 18.6. The maximum absolute atomic E-state index is 10.4. The molecule has 0 saturated carbocycles. The highest BCUT2D eigenvalue weighted by molar-refractivity contribution is 5.86. The number of pyridine rings is 1. The van der Waals surface area contributed by atoms with Gasteiger partial charge in [0.25, 0.3) is 0 Å². The molecular formula is C23H42Cl4N6O4. The van der Waals surface area contributed by atoms with Crippen LogP contribution in [0, 0.1) is 13.8 Å². The van der Waals surface area contributed by atoms with Gasteiger partial charge < -0.3 is 42.1 Å². The molecule has 3 aromatic rings. The maximum atomic E-state index is 10.4. The molecule has 10 N–H and O–H groups in total. The number of nitrogens with zero attached hydrogens (tertiary/aromatic N) is 4. The zero-order valence-electron chi connectivity index (χ0n) is 21.2. The molecule has 1 saturated heterocycles. The summed E-state index contributed by atoms with van der Waals surface area (Å²) in [5.74, 6) is 1.05. The summed E-state index contributed by atoms with van der Waals surface area (Å²) < 4.78 is 2.15. The second-order valence-corrected chi connectivity index (χ2v) is 8.58. The number of halogens is 4. The summed E-state index contributed by atoms with van der Waals surface area (Å²) in [7, 11) is 0. The predicted molar refractivity (Wildman–Crippen MR) is 161 cm³/mol. The minimum absolute atomic E-state index is 0. The van der Waals surface area contributed by atoms with E-state index in [1.54, 1.807) is 6.07 Å². The Kier molecular flexibility index (Phi) is 21.4. The largest absolute Gasteiger partial charge is 0.506 e. The Labute approximate surface area is 243 Å². The van der Waals surface area contributed by atoms with Crippen LogP contribution in [0.4, 0.5) is 5.95 Å². The van der Waals surface area contributed by atoms with Crippen LogP contribution in [0.3, 0.4) is 0 Å². The average molecular weight is 608 g/mol. The van der Waals surface area contributed by atoms with Crippen LogP contribution < -0.4 is 11.1 Å². The predicted octanol–water partition coefficient (Wildman–Crippen LogP) is 2.24. The first-order chi connectivity index (χ1) is 14.4. The number of benzene rings is 1. The number of imidazole rings is 1. The molecule has 216 valence electrons.